The third kappa shape index (κ3) is 6.11. The van der Waals surface area contributed by atoms with Crippen molar-refractivity contribution in [3.63, 3.8) is 0 Å². The summed E-state index contributed by atoms with van der Waals surface area (Å²) in [6.45, 7) is 2.32. The van der Waals surface area contributed by atoms with Gasteiger partial charge in [0.1, 0.15) is 6.61 Å². The van der Waals surface area contributed by atoms with Crippen molar-refractivity contribution in [1.82, 2.24) is 4.98 Å². The van der Waals surface area contributed by atoms with Gasteiger partial charge in [0.2, 0.25) is 5.13 Å². The van der Waals surface area contributed by atoms with Gasteiger partial charge in [-0.05, 0) is 24.6 Å². The first-order valence-corrected chi connectivity index (χ1v) is 9.88. The van der Waals surface area contributed by atoms with Crippen molar-refractivity contribution in [2.24, 2.45) is 5.10 Å². The lowest BCUT2D eigenvalue weighted by molar-refractivity contribution is -0.142. The number of hydrogen-bond acceptors (Lipinski definition) is 7. The standard InChI is InChI=1S/C21H20FN3O3S/c1-2-27-20(26)11-17-14-29-21(24-17)25-23-12-15-7-3-4-8-16(15)13-28-19-10-6-5-9-18(19)22/h3-10,12,14H,2,11,13H2,1H3,(H,24,25). The van der Waals surface area contributed by atoms with E-state index in [0.29, 0.717) is 17.4 Å². The van der Waals surface area contributed by atoms with E-state index < -0.39 is 5.82 Å². The molecule has 0 spiro atoms. The van der Waals surface area contributed by atoms with Gasteiger partial charge in [-0.2, -0.15) is 5.10 Å². The lowest BCUT2D eigenvalue weighted by Gasteiger charge is -2.09. The Kier molecular flexibility index (Phi) is 7.29. The molecular formula is C21H20FN3O3S. The monoisotopic (exact) mass is 413 g/mol. The number of para-hydroxylation sites is 1. The zero-order valence-electron chi connectivity index (χ0n) is 15.8. The number of esters is 1. The minimum Gasteiger partial charge on any atom is -0.486 e. The number of ether oxygens (including phenoxy) is 2. The van der Waals surface area contributed by atoms with Crippen LogP contribution in [0, 0.1) is 5.82 Å². The summed E-state index contributed by atoms with van der Waals surface area (Å²) in [7, 11) is 0. The van der Waals surface area contributed by atoms with E-state index >= 15 is 0 Å². The molecule has 2 aromatic carbocycles. The molecule has 3 rings (SSSR count). The molecule has 0 unspecified atom stereocenters. The number of anilines is 1. The normalized spacial score (nSPS) is 10.8. The van der Waals surface area contributed by atoms with Crippen molar-refractivity contribution in [3.05, 3.63) is 76.5 Å². The Hall–Kier alpha value is -3.26. The molecule has 0 aliphatic carbocycles. The van der Waals surface area contributed by atoms with Crippen LogP contribution in [0.3, 0.4) is 0 Å². The average molecular weight is 413 g/mol. The van der Waals surface area contributed by atoms with Gasteiger partial charge >= 0.3 is 5.97 Å². The highest BCUT2D eigenvalue weighted by Gasteiger charge is 2.08. The number of nitrogens with one attached hydrogen (secondary N) is 1. The Balaban J connectivity index is 1.59. The summed E-state index contributed by atoms with van der Waals surface area (Å²) in [5, 5.41) is 6.55. The van der Waals surface area contributed by atoms with Gasteiger partial charge in [-0.15, -0.1) is 11.3 Å². The van der Waals surface area contributed by atoms with Gasteiger partial charge in [-0.1, -0.05) is 36.4 Å². The van der Waals surface area contributed by atoms with E-state index in [4.69, 9.17) is 9.47 Å². The molecule has 0 bridgehead atoms. The van der Waals surface area contributed by atoms with Crippen molar-refractivity contribution in [3.8, 4) is 5.75 Å². The van der Waals surface area contributed by atoms with Crippen molar-refractivity contribution in [2.75, 3.05) is 12.0 Å². The van der Waals surface area contributed by atoms with Crippen LogP contribution in [0.15, 0.2) is 59.0 Å². The van der Waals surface area contributed by atoms with Gasteiger partial charge in [-0.25, -0.2) is 9.37 Å². The van der Waals surface area contributed by atoms with Crippen LogP contribution in [0.5, 0.6) is 5.75 Å². The number of hydrazone groups is 1. The Morgan fingerprint density at radius 1 is 1.24 bits per heavy atom. The quantitative estimate of drug-likeness (QED) is 0.320. The Labute approximate surface area is 172 Å². The molecule has 8 heteroatoms. The third-order valence-corrected chi connectivity index (χ3v) is 4.62. The molecule has 0 aliphatic rings. The molecule has 1 heterocycles. The second kappa shape index (κ2) is 10.3. The summed E-state index contributed by atoms with van der Waals surface area (Å²) in [6.07, 6.45) is 1.78. The van der Waals surface area contributed by atoms with Crippen molar-refractivity contribution in [2.45, 2.75) is 20.0 Å². The van der Waals surface area contributed by atoms with Crippen LogP contribution < -0.4 is 10.2 Å². The molecule has 0 saturated carbocycles. The van der Waals surface area contributed by atoms with Crippen LogP contribution in [0.1, 0.15) is 23.7 Å². The summed E-state index contributed by atoms with van der Waals surface area (Å²) < 4.78 is 24.2. The van der Waals surface area contributed by atoms with Gasteiger partial charge in [-0.3, -0.25) is 10.2 Å². The average Bonchev–Trinajstić information content (AvgIpc) is 3.15. The highest BCUT2D eigenvalue weighted by molar-refractivity contribution is 7.13. The number of aromatic nitrogens is 1. The first kappa shape index (κ1) is 20.5. The summed E-state index contributed by atoms with van der Waals surface area (Å²) >= 11 is 1.35. The molecule has 3 aromatic rings. The maximum absolute atomic E-state index is 13.7. The minimum atomic E-state index is -0.400. The lowest BCUT2D eigenvalue weighted by Crippen LogP contribution is -2.07. The van der Waals surface area contributed by atoms with E-state index in [0.717, 1.165) is 11.1 Å². The SMILES string of the molecule is CCOC(=O)Cc1csc(NN=Cc2ccccc2COc2ccccc2F)n1. The Morgan fingerprint density at radius 3 is 2.86 bits per heavy atom. The summed E-state index contributed by atoms with van der Waals surface area (Å²) in [5.41, 5.74) is 5.18. The van der Waals surface area contributed by atoms with Crippen LogP contribution in [0.4, 0.5) is 9.52 Å². The summed E-state index contributed by atoms with van der Waals surface area (Å²) in [5.74, 6) is -0.506. The van der Waals surface area contributed by atoms with E-state index in [9.17, 15) is 9.18 Å². The Morgan fingerprint density at radius 2 is 2.03 bits per heavy atom. The second-order valence-electron chi connectivity index (χ2n) is 5.91. The zero-order chi connectivity index (χ0) is 20.5. The molecular weight excluding hydrogens is 393 g/mol. The van der Waals surface area contributed by atoms with Crippen LogP contribution in [-0.2, 0) is 22.6 Å². The predicted octanol–water partition coefficient (Wildman–Crippen LogP) is 4.41. The van der Waals surface area contributed by atoms with Crippen LogP contribution in [0.2, 0.25) is 0 Å². The van der Waals surface area contributed by atoms with Crippen LogP contribution in [-0.4, -0.2) is 23.8 Å². The third-order valence-electron chi connectivity index (χ3n) is 3.82. The largest absolute Gasteiger partial charge is 0.486 e. The van der Waals surface area contributed by atoms with Gasteiger partial charge in [0.15, 0.2) is 11.6 Å². The number of benzene rings is 2. The van der Waals surface area contributed by atoms with E-state index in [1.165, 1.54) is 17.4 Å². The fourth-order valence-electron chi connectivity index (χ4n) is 2.47. The molecule has 0 saturated heterocycles. The zero-order valence-corrected chi connectivity index (χ0v) is 16.6. The van der Waals surface area contributed by atoms with E-state index in [1.807, 2.05) is 24.3 Å². The van der Waals surface area contributed by atoms with Crippen molar-refractivity contribution >= 4 is 28.7 Å². The molecule has 29 heavy (non-hydrogen) atoms. The van der Waals surface area contributed by atoms with E-state index in [2.05, 4.69) is 15.5 Å². The van der Waals surface area contributed by atoms with E-state index in [-0.39, 0.29) is 24.7 Å². The number of thiazole rings is 1. The fraction of sp³-hybridized carbons (Fsp3) is 0.190. The second-order valence-corrected chi connectivity index (χ2v) is 6.77. The maximum atomic E-state index is 13.7. The van der Waals surface area contributed by atoms with Crippen molar-refractivity contribution < 1.29 is 18.7 Å². The lowest BCUT2D eigenvalue weighted by atomic mass is 10.1. The first-order chi connectivity index (χ1) is 14.2. The molecule has 0 fully saturated rings. The number of carbonyl (C=O) groups excluding carboxylic acids is 1. The molecule has 1 aromatic heterocycles. The molecule has 0 amide bonds. The summed E-state index contributed by atoms with van der Waals surface area (Å²) in [4.78, 5) is 15.8. The highest BCUT2D eigenvalue weighted by atomic mass is 32.1. The van der Waals surface area contributed by atoms with Crippen LogP contribution in [0.25, 0.3) is 0 Å². The minimum absolute atomic E-state index is 0.131. The van der Waals surface area contributed by atoms with E-state index in [1.54, 1.807) is 36.7 Å². The molecule has 0 radical (unpaired) electrons. The molecule has 1 N–H and O–H groups in total. The van der Waals surface area contributed by atoms with Crippen molar-refractivity contribution in [1.29, 1.82) is 0 Å². The number of hydrogen-bond donors (Lipinski definition) is 1. The molecule has 6 nitrogen and oxygen atoms in total. The topological polar surface area (TPSA) is 72.8 Å². The van der Waals surface area contributed by atoms with Crippen LogP contribution >= 0.6 is 11.3 Å². The smallest absolute Gasteiger partial charge is 0.311 e. The number of rotatable bonds is 9. The van der Waals surface area contributed by atoms with Gasteiger partial charge in [0.25, 0.3) is 0 Å². The number of halogens is 1. The maximum Gasteiger partial charge on any atom is 0.311 e. The molecule has 0 atom stereocenters. The van der Waals surface area contributed by atoms with Gasteiger partial charge < -0.3 is 9.47 Å². The molecule has 150 valence electrons. The first-order valence-electron chi connectivity index (χ1n) is 9.00. The predicted molar refractivity (Wildman–Crippen MR) is 111 cm³/mol. The number of carbonyl (C=O) groups is 1. The fourth-order valence-corrected chi connectivity index (χ4v) is 3.12. The number of nitrogens with zero attached hydrogens (tertiary/aromatic N) is 2. The summed E-state index contributed by atoms with van der Waals surface area (Å²) in [6, 6.07) is 13.8. The Bertz CT molecular complexity index is 991. The van der Waals surface area contributed by atoms with Gasteiger partial charge in [0.05, 0.1) is 24.9 Å². The highest BCUT2D eigenvalue weighted by Crippen LogP contribution is 2.19. The molecule has 0 aliphatic heterocycles. The van der Waals surface area contributed by atoms with Gasteiger partial charge in [0, 0.05) is 10.9 Å².